The van der Waals surface area contributed by atoms with Crippen molar-refractivity contribution in [1.82, 2.24) is 0 Å². The molecule has 28 heavy (non-hydrogen) atoms. The van der Waals surface area contributed by atoms with E-state index in [2.05, 4.69) is 0 Å². The number of carbonyl (C=O) groups excluding carboxylic acids is 2. The van der Waals surface area contributed by atoms with Crippen molar-refractivity contribution >= 4 is 29.4 Å². The Labute approximate surface area is 164 Å². The van der Waals surface area contributed by atoms with Gasteiger partial charge in [0, 0.05) is 11.6 Å². The van der Waals surface area contributed by atoms with Crippen LogP contribution < -0.4 is 9.47 Å². The molecular formula is C22H12ClFO4. The molecule has 0 N–H and O–H groups in total. The lowest BCUT2D eigenvalue weighted by molar-refractivity contribution is 0.0734. The van der Waals surface area contributed by atoms with Gasteiger partial charge in [0.15, 0.2) is 5.76 Å². The van der Waals surface area contributed by atoms with Gasteiger partial charge in [-0.3, -0.25) is 4.79 Å². The molecule has 0 radical (unpaired) electrons. The van der Waals surface area contributed by atoms with Gasteiger partial charge in [0.25, 0.3) is 0 Å². The molecule has 0 amide bonds. The van der Waals surface area contributed by atoms with E-state index in [1.165, 1.54) is 30.3 Å². The topological polar surface area (TPSA) is 52.6 Å². The highest BCUT2D eigenvalue weighted by Gasteiger charge is 2.28. The Bertz CT molecular complexity index is 1140. The smallest absolute Gasteiger partial charge is 0.345 e. The third kappa shape index (κ3) is 3.40. The second-order valence-electron chi connectivity index (χ2n) is 5.99. The van der Waals surface area contributed by atoms with Crippen molar-refractivity contribution in [1.29, 1.82) is 0 Å². The minimum Gasteiger partial charge on any atom is -0.452 e. The Morgan fingerprint density at radius 2 is 1.79 bits per heavy atom. The predicted octanol–water partition coefficient (Wildman–Crippen LogP) is 5.31. The fraction of sp³-hybridized carbons (Fsp3) is 0. The van der Waals surface area contributed by atoms with Gasteiger partial charge < -0.3 is 9.47 Å². The van der Waals surface area contributed by atoms with E-state index in [-0.39, 0.29) is 39.2 Å². The number of benzene rings is 3. The molecule has 0 unspecified atom stereocenters. The van der Waals surface area contributed by atoms with Gasteiger partial charge >= 0.3 is 5.97 Å². The van der Waals surface area contributed by atoms with Gasteiger partial charge in [-0.2, -0.15) is 0 Å². The molecule has 0 saturated heterocycles. The van der Waals surface area contributed by atoms with Crippen LogP contribution in [0.15, 0.2) is 72.5 Å². The highest BCUT2D eigenvalue weighted by molar-refractivity contribution is 6.33. The number of allylic oxidation sites excluding steroid dienone is 1. The van der Waals surface area contributed by atoms with E-state index < -0.39 is 11.8 Å². The second-order valence-corrected chi connectivity index (χ2v) is 6.40. The van der Waals surface area contributed by atoms with Gasteiger partial charge in [-0.25, -0.2) is 9.18 Å². The molecule has 0 saturated carbocycles. The average molecular weight is 395 g/mol. The van der Waals surface area contributed by atoms with E-state index in [9.17, 15) is 14.0 Å². The Hall–Kier alpha value is -3.44. The molecular weight excluding hydrogens is 383 g/mol. The Kier molecular flexibility index (Phi) is 4.67. The standard InChI is InChI=1S/C22H12ClFO4/c23-17-7-3-2-6-15(17)22(26)27-14-9-10-16-19(12-14)28-20(21(16)25)11-13-5-1-4-8-18(13)24/h1-12H. The number of rotatable bonds is 3. The Morgan fingerprint density at radius 3 is 2.57 bits per heavy atom. The molecule has 4 rings (SSSR count). The highest BCUT2D eigenvalue weighted by Crippen LogP contribution is 2.35. The summed E-state index contributed by atoms with van der Waals surface area (Å²) >= 11 is 6.00. The van der Waals surface area contributed by atoms with Crippen molar-refractivity contribution < 1.29 is 23.5 Å². The van der Waals surface area contributed by atoms with Crippen molar-refractivity contribution in [3.63, 3.8) is 0 Å². The first-order valence-corrected chi connectivity index (χ1v) is 8.70. The summed E-state index contributed by atoms with van der Waals surface area (Å²) in [7, 11) is 0. The van der Waals surface area contributed by atoms with Gasteiger partial charge in [-0.05, 0) is 36.4 Å². The van der Waals surface area contributed by atoms with Crippen LogP contribution in [0.5, 0.6) is 11.5 Å². The third-order valence-electron chi connectivity index (χ3n) is 4.14. The van der Waals surface area contributed by atoms with Crippen LogP contribution in [-0.2, 0) is 0 Å². The largest absolute Gasteiger partial charge is 0.452 e. The van der Waals surface area contributed by atoms with Crippen LogP contribution in [0, 0.1) is 5.82 Å². The summed E-state index contributed by atoms with van der Waals surface area (Å²) in [5, 5.41) is 0.273. The summed E-state index contributed by atoms with van der Waals surface area (Å²) in [6.07, 6.45) is 1.34. The van der Waals surface area contributed by atoms with E-state index in [0.29, 0.717) is 5.56 Å². The first-order valence-electron chi connectivity index (χ1n) is 8.32. The first kappa shape index (κ1) is 17.9. The molecule has 3 aromatic rings. The van der Waals surface area contributed by atoms with Crippen LogP contribution in [0.1, 0.15) is 26.3 Å². The molecule has 0 aromatic heterocycles. The molecule has 4 nitrogen and oxygen atoms in total. The highest BCUT2D eigenvalue weighted by atomic mass is 35.5. The summed E-state index contributed by atoms with van der Waals surface area (Å²) in [6, 6.07) is 17.0. The second kappa shape index (κ2) is 7.29. The van der Waals surface area contributed by atoms with Gasteiger partial charge in [0.05, 0.1) is 16.1 Å². The normalized spacial score (nSPS) is 13.9. The maximum Gasteiger partial charge on any atom is 0.345 e. The zero-order chi connectivity index (χ0) is 19.7. The number of hydrogen-bond acceptors (Lipinski definition) is 4. The molecule has 0 spiro atoms. The zero-order valence-electron chi connectivity index (χ0n) is 14.3. The number of ketones is 1. The van der Waals surface area contributed by atoms with E-state index in [4.69, 9.17) is 21.1 Å². The summed E-state index contributed by atoms with van der Waals surface area (Å²) in [6.45, 7) is 0. The number of esters is 1. The average Bonchev–Trinajstić information content (AvgIpc) is 2.99. The van der Waals surface area contributed by atoms with Crippen LogP contribution in [0.25, 0.3) is 6.08 Å². The third-order valence-corrected chi connectivity index (χ3v) is 4.47. The molecule has 138 valence electrons. The van der Waals surface area contributed by atoms with Crippen molar-refractivity contribution in [3.05, 3.63) is 100 Å². The quantitative estimate of drug-likeness (QED) is 0.343. The van der Waals surface area contributed by atoms with Gasteiger partial charge in [0.1, 0.15) is 17.3 Å². The van der Waals surface area contributed by atoms with Crippen LogP contribution in [0.4, 0.5) is 4.39 Å². The number of carbonyl (C=O) groups is 2. The van der Waals surface area contributed by atoms with Gasteiger partial charge in [-0.15, -0.1) is 0 Å². The molecule has 0 atom stereocenters. The summed E-state index contributed by atoms with van der Waals surface area (Å²) in [5.74, 6) is -1.04. The van der Waals surface area contributed by atoms with Crippen LogP contribution in [0.3, 0.4) is 0 Å². The monoisotopic (exact) mass is 394 g/mol. The lowest BCUT2D eigenvalue weighted by atomic mass is 10.1. The van der Waals surface area contributed by atoms with Gasteiger partial charge in [-0.1, -0.05) is 41.9 Å². The van der Waals surface area contributed by atoms with E-state index >= 15 is 0 Å². The molecule has 0 bridgehead atoms. The molecule has 1 aliphatic heterocycles. The number of fused-ring (bicyclic) bond motifs is 1. The van der Waals surface area contributed by atoms with Crippen LogP contribution >= 0.6 is 11.6 Å². The molecule has 0 aliphatic carbocycles. The first-order chi connectivity index (χ1) is 13.5. The van der Waals surface area contributed by atoms with Gasteiger partial charge in [0.2, 0.25) is 5.78 Å². The lowest BCUT2D eigenvalue weighted by Gasteiger charge is -2.06. The minimum absolute atomic E-state index is 0.00493. The predicted molar refractivity (Wildman–Crippen MR) is 102 cm³/mol. The minimum atomic E-state index is -0.628. The summed E-state index contributed by atoms with van der Waals surface area (Å²) in [4.78, 5) is 24.7. The molecule has 6 heteroatoms. The zero-order valence-corrected chi connectivity index (χ0v) is 15.1. The van der Waals surface area contributed by atoms with Crippen molar-refractivity contribution in [2.75, 3.05) is 0 Å². The summed E-state index contributed by atoms with van der Waals surface area (Å²) in [5.41, 5.74) is 0.769. The lowest BCUT2D eigenvalue weighted by Crippen LogP contribution is -2.09. The summed E-state index contributed by atoms with van der Waals surface area (Å²) < 4.78 is 24.7. The van der Waals surface area contributed by atoms with E-state index in [1.54, 1.807) is 42.5 Å². The fourth-order valence-electron chi connectivity index (χ4n) is 2.75. The number of Topliss-reactive ketones (excluding diaryl/α,β-unsaturated/α-hetero) is 1. The van der Waals surface area contributed by atoms with Crippen molar-refractivity contribution in [2.24, 2.45) is 0 Å². The number of ether oxygens (including phenoxy) is 2. The maximum atomic E-state index is 13.8. The molecule has 0 fully saturated rings. The Balaban J connectivity index is 1.58. The molecule has 3 aromatic carbocycles. The number of hydrogen-bond donors (Lipinski definition) is 0. The molecule has 1 aliphatic rings. The van der Waals surface area contributed by atoms with E-state index in [1.807, 2.05) is 0 Å². The molecule has 1 heterocycles. The maximum absolute atomic E-state index is 13.8. The fourth-order valence-corrected chi connectivity index (χ4v) is 2.97. The Morgan fingerprint density at radius 1 is 1.04 bits per heavy atom. The van der Waals surface area contributed by atoms with Crippen molar-refractivity contribution in [2.45, 2.75) is 0 Å². The van der Waals surface area contributed by atoms with Crippen molar-refractivity contribution in [3.8, 4) is 11.5 Å². The van der Waals surface area contributed by atoms with Crippen LogP contribution in [-0.4, -0.2) is 11.8 Å². The van der Waals surface area contributed by atoms with E-state index in [0.717, 1.165) is 0 Å². The van der Waals surface area contributed by atoms with Crippen LogP contribution in [0.2, 0.25) is 5.02 Å². The SMILES string of the molecule is O=C(Oc1ccc2c(c1)OC(=Cc1ccccc1F)C2=O)c1ccccc1Cl. The number of halogens is 2.